The van der Waals surface area contributed by atoms with Crippen molar-refractivity contribution < 1.29 is 0 Å². The zero-order chi connectivity index (χ0) is 17.4. The van der Waals surface area contributed by atoms with Gasteiger partial charge in [0.1, 0.15) is 0 Å². The van der Waals surface area contributed by atoms with Gasteiger partial charge in [0.25, 0.3) is 0 Å². The van der Waals surface area contributed by atoms with Gasteiger partial charge in [0, 0.05) is 25.3 Å². The van der Waals surface area contributed by atoms with E-state index in [1.807, 2.05) is 13.0 Å². The average molecular weight is 455 g/mol. The Balaban J connectivity index is 0.00000312. The summed E-state index contributed by atoms with van der Waals surface area (Å²) in [6, 6.07) is 12.7. The summed E-state index contributed by atoms with van der Waals surface area (Å²) in [4.78, 5) is 4.68. The molecule has 2 rings (SSSR count). The highest BCUT2D eigenvalue weighted by molar-refractivity contribution is 14.0. The SMILES string of the molecule is CCNC(=NCCCn1nc(C)cc1C)NC(C)c1ccccc1.I. The maximum absolute atomic E-state index is 4.68. The fraction of sp³-hybridized carbons (Fsp3) is 0.474. The lowest BCUT2D eigenvalue weighted by molar-refractivity contribution is 0.566. The van der Waals surface area contributed by atoms with Crippen molar-refractivity contribution in [3.63, 3.8) is 0 Å². The van der Waals surface area contributed by atoms with Crippen LogP contribution < -0.4 is 10.6 Å². The first kappa shape index (κ1) is 21.5. The normalized spacial score (nSPS) is 12.4. The van der Waals surface area contributed by atoms with E-state index in [1.165, 1.54) is 11.3 Å². The van der Waals surface area contributed by atoms with Crippen molar-refractivity contribution in [2.45, 2.75) is 46.7 Å². The van der Waals surface area contributed by atoms with Crippen LogP contribution >= 0.6 is 24.0 Å². The topological polar surface area (TPSA) is 54.2 Å². The molecule has 0 aliphatic heterocycles. The summed E-state index contributed by atoms with van der Waals surface area (Å²) in [6.45, 7) is 10.9. The molecule has 0 aliphatic carbocycles. The zero-order valence-corrected chi connectivity index (χ0v) is 18.0. The van der Waals surface area contributed by atoms with Crippen LogP contribution in [0.3, 0.4) is 0 Å². The minimum atomic E-state index is 0. The van der Waals surface area contributed by atoms with Gasteiger partial charge in [-0.25, -0.2) is 0 Å². The number of hydrogen-bond donors (Lipinski definition) is 2. The Labute approximate surface area is 168 Å². The number of nitrogens with one attached hydrogen (secondary N) is 2. The molecule has 0 radical (unpaired) electrons. The summed E-state index contributed by atoms with van der Waals surface area (Å²) in [5.41, 5.74) is 3.53. The largest absolute Gasteiger partial charge is 0.357 e. The molecule has 1 heterocycles. The van der Waals surface area contributed by atoms with Gasteiger partial charge in [-0.1, -0.05) is 30.3 Å². The molecule has 1 aromatic carbocycles. The van der Waals surface area contributed by atoms with Crippen LogP contribution in [0.25, 0.3) is 0 Å². The Morgan fingerprint density at radius 3 is 2.56 bits per heavy atom. The number of hydrogen-bond acceptors (Lipinski definition) is 2. The Morgan fingerprint density at radius 2 is 1.96 bits per heavy atom. The lowest BCUT2D eigenvalue weighted by atomic mass is 10.1. The van der Waals surface area contributed by atoms with Gasteiger partial charge in [-0.2, -0.15) is 5.10 Å². The van der Waals surface area contributed by atoms with Crippen LogP contribution in [-0.2, 0) is 6.54 Å². The number of rotatable bonds is 7. The number of aliphatic imine (C=N–C) groups is 1. The van der Waals surface area contributed by atoms with E-state index in [-0.39, 0.29) is 30.0 Å². The Hall–Kier alpha value is -1.57. The number of guanidine groups is 1. The second-order valence-electron chi connectivity index (χ2n) is 6.04. The monoisotopic (exact) mass is 455 g/mol. The predicted octanol–water partition coefficient (Wildman–Crippen LogP) is 3.82. The van der Waals surface area contributed by atoms with E-state index in [0.29, 0.717) is 0 Å². The maximum atomic E-state index is 4.68. The van der Waals surface area contributed by atoms with Crippen LogP contribution in [0.4, 0.5) is 0 Å². The molecule has 1 aromatic heterocycles. The molecule has 0 amide bonds. The fourth-order valence-corrected chi connectivity index (χ4v) is 2.66. The summed E-state index contributed by atoms with van der Waals surface area (Å²) < 4.78 is 2.05. The molecule has 1 atom stereocenters. The highest BCUT2D eigenvalue weighted by Gasteiger charge is 2.07. The van der Waals surface area contributed by atoms with Crippen LogP contribution in [0, 0.1) is 13.8 Å². The van der Waals surface area contributed by atoms with Crippen LogP contribution in [0.2, 0.25) is 0 Å². The van der Waals surface area contributed by atoms with Gasteiger partial charge in [-0.05, 0) is 45.7 Å². The van der Waals surface area contributed by atoms with Crippen molar-refractivity contribution in [2.24, 2.45) is 4.99 Å². The standard InChI is InChI=1S/C19H29N5.HI/c1-5-20-19(22-17(4)18-10-7-6-8-11-18)21-12-9-13-24-16(3)14-15(2)23-24;/h6-8,10-11,14,17H,5,9,12-13H2,1-4H3,(H2,20,21,22);1H. The third-order valence-corrected chi connectivity index (χ3v) is 3.90. The summed E-state index contributed by atoms with van der Waals surface area (Å²) >= 11 is 0. The van der Waals surface area contributed by atoms with Crippen LogP contribution in [0.5, 0.6) is 0 Å². The van der Waals surface area contributed by atoms with Gasteiger partial charge in [-0.3, -0.25) is 9.67 Å². The lowest BCUT2D eigenvalue weighted by Gasteiger charge is -2.18. The van der Waals surface area contributed by atoms with Gasteiger partial charge < -0.3 is 10.6 Å². The third-order valence-electron chi connectivity index (χ3n) is 3.90. The van der Waals surface area contributed by atoms with Crippen molar-refractivity contribution in [1.29, 1.82) is 0 Å². The van der Waals surface area contributed by atoms with Gasteiger partial charge in [0.2, 0.25) is 0 Å². The van der Waals surface area contributed by atoms with Crippen LogP contribution in [-0.4, -0.2) is 28.8 Å². The Morgan fingerprint density at radius 1 is 1.24 bits per heavy atom. The molecule has 138 valence electrons. The predicted molar refractivity (Wildman–Crippen MR) is 116 cm³/mol. The Bertz CT molecular complexity index is 651. The number of aryl methyl sites for hydroxylation is 3. The van der Waals surface area contributed by atoms with E-state index < -0.39 is 0 Å². The van der Waals surface area contributed by atoms with Crippen molar-refractivity contribution in [3.8, 4) is 0 Å². The first-order valence-corrected chi connectivity index (χ1v) is 8.71. The summed E-state index contributed by atoms with van der Waals surface area (Å²) in [5.74, 6) is 0.863. The number of benzene rings is 1. The molecule has 0 aliphatic rings. The minimum Gasteiger partial charge on any atom is -0.357 e. The smallest absolute Gasteiger partial charge is 0.191 e. The molecule has 0 bridgehead atoms. The molecule has 2 N–H and O–H groups in total. The second kappa shape index (κ2) is 11.1. The number of aromatic nitrogens is 2. The van der Waals surface area contributed by atoms with E-state index in [9.17, 15) is 0 Å². The molecule has 0 spiro atoms. The molecule has 0 saturated heterocycles. The Kier molecular flexibility index (Phi) is 9.55. The molecule has 25 heavy (non-hydrogen) atoms. The van der Waals surface area contributed by atoms with Gasteiger partial charge in [0.05, 0.1) is 11.7 Å². The third kappa shape index (κ3) is 7.05. The molecule has 6 heteroatoms. The van der Waals surface area contributed by atoms with E-state index in [0.717, 1.165) is 37.7 Å². The van der Waals surface area contributed by atoms with Crippen molar-refractivity contribution in [2.75, 3.05) is 13.1 Å². The highest BCUT2D eigenvalue weighted by atomic mass is 127. The van der Waals surface area contributed by atoms with Gasteiger partial charge in [-0.15, -0.1) is 24.0 Å². The van der Waals surface area contributed by atoms with Crippen molar-refractivity contribution in [1.82, 2.24) is 20.4 Å². The first-order valence-electron chi connectivity index (χ1n) is 8.71. The maximum Gasteiger partial charge on any atom is 0.191 e. The molecule has 0 fully saturated rings. The number of halogens is 1. The highest BCUT2D eigenvalue weighted by Crippen LogP contribution is 2.10. The van der Waals surface area contributed by atoms with Gasteiger partial charge in [0.15, 0.2) is 5.96 Å². The van der Waals surface area contributed by atoms with E-state index in [2.05, 4.69) is 76.5 Å². The quantitative estimate of drug-likeness (QED) is 0.289. The van der Waals surface area contributed by atoms with Gasteiger partial charge >= 0.3 is 0 Å². The van der Waals surface area contributed by atoms with E-state index in [1.54, 1.807) is 0 Å². The van der Waals surface area contributed by atoms with E-state index in [4.69, 9.17) is 0 Å². The van der Waals surface area contributed by atoms with E-state index >= 15 is 0 Å². The molecule has 5 nitrogen and oxygen atoms in total. The molecule has 2 aromatic rings. The van der Waals surface area contributed by atoms with Crippen molar-refractivity contribution >= 4 is 29.9 Å². The molecule has 1 unspecified atom stereocenters. The molecular formula is C19H30IN5. The first-order chi connectivity index (χ1) is 11.6. The lowest BCUT2D eigenvalue weighted by Crippen LogP contribution is -2.38. The summed E-state index contributed by atoms with van der Waals surface area (Å²) in [7, 11) is 0. The number of nitrogens with zero attached hydrogens (tertiary/aromatic N) is 3. The fourth-order valence-electron chi connectivity index (χ4n) is 2.66. The summed E-state index contributed by atoms with van der Waals surface area (Å²) in [5, 5.41) is 11.3. The second-order valence-corrected chi connectivity index (χ2v) is 6.04. The molecule has 0 saturated carbocycles. The van der Waals surface area contributed by atoms with Crippen LogP contribution in [0.1, 0.15) is 43.3 Å². The zero-order valence-electron chi connectivity index (χ0n) is 15.6. The molecular weight excluding hydrogens is 425 g/mol. The van der Waals surface area contributed by atoms with Crippen LogP contribution in [0.15, 0.2) is 41.4 Å². The minimum absolute atomic E-state index is 0. The summed E-state index contributed by atoms with van der Waals surface area (Å²) in [6.07, 6.45) is 0.970. The van der Waals surface area contributed by atoms with Crippen molar-refractivity contribution in [3.05, 3.63) is 53.3 Å². The average Bonchev–Trinajstić information content (AvgIpc) is 2.90.